The number of amides is 2. The van der Waals surface area contributed by atoms with Crippen LogP contribution in [0.5, 0.6) is 5.75 Å². The molecule has 3 N–H and O–H groups in total. The summed E-state index contributed by atoms with van der Waals surface area (Å²) in [4.78, 5) is 37.8. The number of hydrogen-bond donors (Lipinski definition) is 3. The Morgan fingerprint density at radius 3 is 2.09 bits per heavy atom. The summed E-state index contributed by atoms with van der Waals surface area (Å²) in [5, 5.41) is 21.2. The molecule has 0 aliphatic heterocycles. The second-order valence-electron chi connectivity index (χ2n) is 8.48. The second kappa shape index (κ2) is 10.3. The highest BCUT2D eigenvalue weighted by atomic mass is 16.5. The number of fused-ring (bicyclic) bond motifs is 3. The van der Waals surface area contributed by atoms with Gasteiger partial charge in [0.1, 0.15) is 24.9 Å². The summed E-state index contributed by atoms with van der Waals surface area (Å²) in [7, 11) is 1.36. The van der Waals surface area contributed by atoms with Gasteiger partial charge in [-0.3, -0.25) is 9.59 Å². The van der Waals surface area contributed by atoms with Gasteiger partial charge in [0.15, 0.2) is 0 Å². The van der Waals surface area contributed by atoms with Gasteiger partial charge >= 0.3 is 12.1 Å². The van der Waals surface area contributed by atoms with Crippen LogP contribution in [0.15, 0.2) is 72.8 Å². The highest BCUT2D eigenvalue weighted by molar-refractivity contribution is 5.88. The third kappa shape index (κ3) is 5.43. The molecule has 0 bridgehead atoms. The van der Waals surface area contributed by atoms with Crippen LogP contribution >= 0.6 is 0 Å². The maximum absolute atomic E-state index is 12.9. The van der Waals surface area contributed by atoms with Crippen molar-refractivity contribution in [3.63, 3.8) is 0 Å². The number of ether oxygens (including phenoxy) is 1. The molecule has 0 fully saturated rings. The molecule has 4 rings (SSSR count). The van der Waals surface area contributed by atoms with Gasteiger partial charge in [0, 0.05) is 19.4 Å². The molecule has 0 heterocycles. The molecule has 3 aromatic carbocycles. The number of nitrogens with zero attached hydrogens (tertiary/aromatic N) is 1. The number of carbonyl (C=O) groups excluding carboxylic acids is 2. The number of carbonyl (C=O) groups is 3. The van der Waals surface area contributed by atoms with E-state index in [2.05, 4.69) is 5.32 Å². The van der Waals surface area contributed by atoms with Crippen molar-refractivity contribution in [3.05, 3.63) is 89.5 Å². The molecule has 2 amide bonds. The molecule has 1 aliphatic rings. The molecule has 0 saturated carbocycles. The highest BCUT2D eigenvalue weighted by Gasteiger charge is 2.30. The molecule has 0 spiro atoms. The number of benzene rings is 3. The Kier molecular flexibility index (Phi) is 7.01. The maximum Gasteiger partial charge on any atom is 0.407 e. The Balaban J connectivity index is 1.47. The lowest BCUT2D eigenvalue weighted by atomic mass is 9.98. The van der Waals surface area contributed by atoms with Crippen LogP contribution in [0.3, 0.4) is 0 Å². The van der Waals surface area contributed by atoms with Crippen LogP contribution in [0.25, 0.3) is 11.1 Å². The van der Waals surface area contributed by atoms with Crippen LogP contribution in [0.1, 0.15) is 22.6 Å². The van der Waals surface area contributed by atoms with Gasteiger partial charge in [-0.2, -0.15) is 0 Å². The molecule has 0 unspecified atom stereocenters. The SMILES string of the molecule is CN(CC(=O)O)C(=O)[C@@H](Cc1ccc(O)cc1)NC(=O)OCC1c2ccccc2-c2ccccc21. The Bertz CT molecular complexity index is 1190. The summed E-state index contributed by atoms with van der Waals surface area (Å²) in [6.45, 7) is -0.414. The molecule has 1 atom stereocenters. The zero-order valence-electron chi connectivity index (χ0n) is 19.2. The Labute approximate surface area is 202 Å². The molecule has 8 heteroatoms. The largest absolute Gasteiger partial charge is 0.508 e. The number of rotatable bonds is 8. The van der Waals surface area contributed by atoms with Crippen LogP contribution in [0.2, 0.25) is 0 Å². The first-order valence-corrected chi connectivity index (χ1v) is 11.2. The molecule has 0 radical (unpaired) electrons. The fourth-order valence-corrected chi connectivity index (χ4v) is 4.40. The standard InChI is InChI=1S/C27H26N2O6/c1-29(15-25(31)32)26(33)24(14-17-10-12-18(30)13-11-17)28-27(34)35-16-23-21-8-4-2-6-19(21)20-7-3-5-9-22(20)23/h2-13,23-24,30H,14-16H2,1H3,(H,28,34)(H,31,32)/t24-/m1/s1. The Morgan fingerprint density at radius 2 is 1.51 bits per heavy atom. The van der Waals surface area contributed by atoms with Crippen molar-refractivity contribution in [1.29, 1.82) is 0 Å². The third-order valence-corrected chi connectivity index (χ3v) is 6.06. The molecular formula is C27H26N2O6. The van der Waals surface area contributed by atoms with Crippen LogP contribution in [-0.4, -0.2) is 59.3 Å². The van der Waals surface area contributed by atoms with E-state index in [1.54, 1.807) is 12.1 Å². The van der Waals surface area contributed by atoms with E-state index in [1.807, 2.05) is 48.5 Å². The average molecular weight is 475 g/mol. The number of alkyl carbamates (subject to hydrolysis) is 1. The van der Waals surface area contributed by atoms with Crippen molar-refractivity contribution in [2.45, 2.75) is 18.4 Å². The normalized spacial score (nSPS) is 12.8. The van der Waals surface area contributed by atoms with E-state index in [0.717, 1.165) is 27.2 Å². The van der Waals surface area contributed by atoms with Gasteiger partial charge in [0.2, 0.25) is 5.91 Å². The van der Waals surface area contributed by atoms with E-state index in [0.29, 0.717) is 5.56 Å². The first-order chi connectivity index (χ1) is 16.8. The van der Waals surface area contributed by atoms with Crippen molar-refractivity contribution in [2.75, 3.05) is 20.2 Å². The van der Waals surface area contributed by atoms with Gasteiger partial charge in [0.25, 0.3) is 0 Å². The topological polar surface area (TPSA) is 116 Å². The lowest BCUT2D eigenvalue weighted by Gasteiger charge is -2.24. The second-order valence-corrected chi connectivity index (χ2v) is 8.48. The van der Waals surface area contributed by atoms with Crippen molar-refractivity contribution in [2.24, 2.45) is 0 Å². The van der Waals surface area contributed by atoms with Crippen LogP contribution < -0.4 is 5.32 Å². The van der Waals surface area contributed by atoms with Gasteiger partial charge in [-0.25, -0.2) is 4.79 Å². The number of phenols is 1. The minimum absolute atomic E-state index is 0.0733. The molecule has 0 saturated heterocycles. The van der Waals surface area contributed by atoms with Crippen LogP contribution in [0.4, 0.5) is 4.79 Å². The number of carboxylic acid groups (broad SMARTS) is 1. The molecule has 8 nitrogen and oxygen atoms in total. The van der Waals surface area contributed by atoms with Crippen molar-refractivity contribution in [1.82, 2.24) is 10.2 Å². The summed E-state index contributed by atoms with van der Waals surface area (Å²) >= 11 is 0. The van der Waals surface area contributed by atoms with Crippen molar-refractivity contribution >= 4 is 18.0 Å². The van der Waals surface area contributed by atoms with Crippen LogP contribution in [0, 0.1) is 0 Å². The van der Waals surface area contributed by atoms with Crippen molar-refractivity contribution < 1.29 is 29.3 Å². The van der Waals surface area contributed by atoms with Crippen molar-refractivity contribution in [3.8, 4) is 16.9 Å². The van der Waals surface area contributed by atoms with E-state index < -0.39 is 30.6 Å². The van der Waals surface area contributed by atoms with E-state index >= 15 is 0 Å². The van der Waals surface area contributed by atoms with Gasteiger partial charge in [-0.15, -0.1) is 0 Å². The zero-order chi connectivity index (χ0) is 24.9. The number of carboxylic acids is 1. The fraction of sp³-hybridized carbons (Fsp3) is 0.222. The quantitative estimate of drug-likeness (QED) is 0.461. The summed E-state index contributed by atoms with van der Waals surface area (Å²) in [6.07, 6.45) is -0.666. The number of aromatic hydroxyl groups is 1. The lowest BCUT2D eigenvalue weighted by Crippen LogP contribution is -2.49. The molecule has 35 heavy (non-hydrogen) atoms. The van der Waals surface area contributed by atoms with E-state index in [9.17, 15) is 19.5 Å². The molecule has 0 aromatic heterocycles. The summed E-state index contributed by atoms with van der Waals surface area (Å²) in [5.41, 5.74) is 5.03. The average Bonchev–Trinajstić information content (AvgIpc) is 3.16. The molecule has 3 aromatic rings. The summed E-state index contributed by atoms with van der Waals surface area (Å²) in [5.74, 6) is -1.78. The molecule has 1 aliphatic carbocycles. The highest BCUT2D eigenvalue weighted by Crippen LogP contribution is 2.44. The lowest BCUT2D eigenvalue weighted by molar-refractivity contribution is -0.144. The van der Waals surface area contributed by atoms with E-state index in [1.165, 1.54) is 19.2 Å². The predicted molar refractivity (Wildman–Crippen MR) is 129 cm³/mol. The van der Waals surface area contributed by atoms with Gasteiger partial charge in [0.05, 0.1) is 0 Å². The third-order valence-electron chi connectivity index (χ3n) is 6.06. The predicted octanol–water partition coefficient (Wildman–Crippen LogP) is 3.39. The number of nitrogens with one attached hydrogen (secondary N) is 1. The first kappa shape index (κ1) is 23.8. The number of phenolic OH excluding ortho intramolecular Hbond substituents is 1. The smallest absolute Gasteiger partial charge is 0.407 e. The number of hydrogen-bond acceptors (Lipinski definition) is 5. The van der Waals surface area contributed by atoms with Gasteiger partial charge < -0.3 is 25.2 Å². The molecular weight excluding hydrogens is 448 g/mol. The number of aliphatic carboxylic acids is 1. The first-order valence-electron chi connectivity index (χ1n) is 11.2. The monoisotopic (exact) mass is 474 g/mol. The van der Waals surface area contributed by atoms with E-state index in [-0.39, 0.29) is 24.7 Å². The summed E-state index contributed by atoms with van der Waals surface area (Å²) < 4.78 is 5.56. The minimum Gasteiger partial charge on any atom is -0.508 e. The van der Waals surface area contributed by atoms with Crippen LogP contribution in [-0.2, 0) is 20.7 Å². The van der Waals surface area contributed by atoms with Gasteiger partial charge in [-0.05, 0) is 39.9 Å². The number of likely N-dealkylation sites (N-methyl/N-ethyl adjacent to an activating group) is 1. The summed E-state index contributed by atoms with van der Waals surface area (Å²) in [6, 6.07) is 21.1. The zero-order valence-corrected chi connectivity index (χ0v) is 19.2. The minimum atomic E-state index is -1.16. The Hall–Kier alpha value is -4.33. The van der Waals surface area contributed by atoms with Gasteiger partial charge in [-0.1, -0.05) is 60.7 Å². The maximum atomic E-state index is 12.9. The van der Waals surface area contributed by atoms with E-state index in [4.69, 9.17) is 9.84 Å². The fourth-order valence-electron chi connectivity index (χ4n) is 4.40. The molecule has 180 valence electrons. The Morgan fingerprint density at radius 1 is 0.943 bits per heavy atom.